The smallest absolute Gasteiger partial charge is 0.146 e. The quantitative estimate of drug-likeness (QED) is 0.737. The molecule has 0 aliphatic heterocycles. The second-order valence-electron chi connectivity index (χ2n) is 4.85. The third-order valence-electron chi connectivity index (χ3n) is 3.38. The Hall–Kier alpha value is -1.56. The highest BCUT2D eigenvalue weighted by Crippen LogP contribution is 2.31. The third-order valence-corrected chi connectivity index (χ3v) is 4.35. The molecule has 3 aromatic rings. The summed E-state index contributed by atoms with van der Waals surface area (Å²) in [7, 11) is 1.96. The molecular formula is C17H20N2OS2. The molecule has 0 aliphatic rings. The molecule has 3 nitrogen and oxygen atoms in total. The molecule has 1 atom stereocenters. The highest BCUT2D eigenvalue weighted by Gasteiger charge is 2.15. The van der Waals surface area contributed by atoms with Crippen LogP contribution in [0.3, 0.4) is 0 Å². The van der Waals surface area contributed by atoms with Crippen LogP contribution in [0.15, 0.2) is 54.0 Å². The number of hydrogen-bond acceptors (Lipinski definition) is 4. The maximum atomic E-state index is 6.28. The van der Waals surface area contributed by atoms with Crippen LogP contribution in [0.5, 0.6) is 5.75 Å². The molecule has 0 unspecified atom stereocenters. The Morgan fingerprint density at radius 3 is 2.82 bits per heavy atom. The number of fused-ring (bicyclic) bond motifs is 1. The van der Waals surface area contributed by atoms with Gasteiger partial charge in [-0.2, -0.15) is 13.5 Å². The van der Waals surface area contributed by atoms with Gasteiger partial charge in [-0.15, -0.1) is 11.3 Å². The van der Waals surface area contributed by atoms with Crippen molar-refractivity contribution in [1.29, 1.82) is 0 Å². The van der Waals surface area contributed by atoms with Crippen LogP contribution in [-0.2, 0) is 0 Å². The fraction of sp³-hybridized carbons (Fsp3) is 0.235. The largest absolute Gasteiger partial charge is 0.483 e. The topological polar surface area (TPSA) is 34.1 Å². The van der Waals surface area contributed by atoms with Gasteiger partial charge in [-0.25, -0.2) is 0 Å². The maximum Gasteiger partial charge on any atom is 0.146 e. The first-order valence-corrected chi connectivity index (χ1v) is 7.95. The van der Waals surface area contributed by atoms with Crippen molar-refractivity contribution in [2.45, 2.75) is 12.5 Å². The van der Waals surface area contributed by atoms with E-state index in [4.69, 9.17) is 4.74 Å². The molecule has 0 saturated carbocycles. The Kier molecular flexibility index (Phi) is 6.24. The van der Waals surface area contributed by atoms with Crippen molar-refractivity contribution in [3.8, 4) is 5.75 Å². The van der Waals surface area contributed by atoms with Gasteiger partial charge in [0.15, 0.2) is 0 Å². The molecule has 5 heteroatoms. The molecular weight excluding hydrogens is 312 g/mol. The van der Waals surface area contributed by atoms with Crippen molar-refractivity contribution in [2.75, 3.05) is 13.6 Å². The summed E-state index contributed by atoms with van der Waals surface area (Å²) >= 11 is 1.73. The van der Waals surface area contributed by atoms with Crippen molar-refractivity contribution in [2.24, 2.45) is 0 Å². The predicted molar refractivity (Wildman–Crippen MR) is 98.4 cm³/mol. The lowest BCUT2D eigenvalue weighted by atomic mass is 10.2. The average molecular weight is 332 g/mol. The van der Waals surface area contributed by atoms with Crippen molar-refractivity contribution < 1.29 is 4.74 Å². The predicted octanol–water partition coefficient (Wildman–Crippen LogP) is 4.14. The van der Waals surface area contributed by atoms with E-state index in [1.54, 1.807) is 11.3 Å². The Morgan fingerprint density at radius 2 is 2.05 bits per heavy atom. The standard InChI is InChI=1S/C17H18N2OS.H2S/c1-18-11-9-14(16-8-4-12-21-16)20-15-7-2-5-13-6-3-10-19-17(13)15;/h2-8,10,12,14,18H,9,11H2,1H3;1H2/t14-;/m0./s1. The van der Waals surface area contributed by atoms with Crippen molar-refractivity contribution >= 4 is 35.7 Å². The van der Waals surface area contributed by atoms with Gasteiger partial charge in [-0.05, 0) is 37.2 Å². The van der Waals surface area contributed by atoms with Crippen LogP contribution in [-0.4, -0.2) is 18.6 Å². The second kappa shape index (κ2) is 8.17. The summed E-state index contributed by atoms with van der Waals surface area (Å²) in [6.07, 6.45) is 2.80. The van der Waals surface area contributed by atoms with Crippen LogP contribution in [0.25, 0.3) is 10.9 Å². The maximum absolute atomic E-state index is 6.28. The van der Waals surface area contributed by atoms with Gasteiger partial charge in [-0.1, -0.05) is 24.3 Å². The van der Waals surface area contributed by atoms with Gasteiger partial charge in [0.05, 0.1) is 0 Å². The summed E-state index contributed by atoms with van der Waals surface area (Å²) in [4.78, 5) is 5.71. The fourth-order valence-electron chi connectivity index (χ4n) is 2.33. The molecule has 2 heterocycles. The summed E-state index contributed by atoms with van der Waals surface area (Å²) in [5.74, 6) is 0.850. The van der Waals surface area contributed by atoms with E-state index in [-0.39, 0.29) is 19.6 Å². The lowest BCUT2D eigenvalue weighted by Crippen LogP contribution is -2.15. The van der Waals surface area contributed by atoms with Gasteiger partial charge >= 0.3 is 0 Å². The first kappa shape index (κ1) is 16.8. The van der Waals surface area contributed by atoms with Crippen molar-refractivity contribution in [3.63, 3.8) is 0 Å². The lowest BCUT2D eigenvalue weighted by Gasteiger charge is -2.18. The van der Waals surface area contributed by atoms with Crippen molar-refractivity contribution in [1.82, 2.24) is 10.3 Å². The van der Waals surface area contributed by atoms with Crippen molar-refractivity contribution in [3.05, 3.63) is 58.9 Å². The zero-order valence-corrected chi connectivity index (χ0v) is 14.3. The highest BCUT2D eigenvalue weighted by atomic mass is 32.1. The number of pyridine rings is 1. The Morgan fingerprint density at radius 1 is 1.18 bits per heavy atom. The minimum absolute atomic E-state index is 0. The Labute approximate surface area is 141 Å². The van der Waals surface area contributed by atoms with Gasteiger partial charge in [0.1, 0.15) is 17.4 Å². The summed E-state index contributed by atoms with van der Waals surface area (Å²) in [5.41, 5.74) is 0.922. The normalized spacial score (nSPS) is 11.9. The molecule has 2 aromatic heterocycles. The van der Waals surface area contributed by atoms with E-state index in [0.717, 1.165) is 29.6 Å². The van der Waals surface area contributed by atoms with Crippen LogP contribution in [0, 0.1) is 0 Å². The van der Waals surface area contributed by atoms with E-state index in [9.17, 15) is 0 Å². The number of nitrogens with one attached hydrogen (secondary N) is 1. The molecule has 0 aliphatic carbocycles. The second-order valence-corrected chi connectivity index (χ2v) is 5.82. The van der Waals surface area contributed by atoms with E-state index < -0.39 is 0 Å². The molecule has 1 aromatic carbocycles. The summed E-state index contributed by atoms with van der Waals surface area (Å²) in [6, 6.07) is 14.3. The van der Waals surface area contributed by atoms with Crippen LogP contribution in [0.1, 0.15) is 17.4 Å². The van der Waals surface area contributed by atoms with E-state index in [1.807, 2.05) is 31.4 Å². The molecule has 0 saturated heterocycles. The van der Waals surface area contributed by atoms with E-state index in [1.165, 1.54) is 4.88 Å². The zero-order chi connectivity index (χ0) is 14.5. The number of nitrogens with zero attached hydrogens (tertiary/aromatic N) is 1. The number of rotatable bonds is 6. The number of hydrogen-bond donors (Lipinski definition) is 1. The van der Waals surface area contributed by atoms with Gasteiger partial charge in [0.25, 0.3) is 0 Å². The molecule has 0 spiro atoms. The van der Waals surface area contributed by atoms with Crippen LogP contribution >= 0.6 is 24.8 Å². The molecule has 0 amide bonds. The monoisotopic (exact) mass is 332 g/mol. The number of thiophene rings is 1. The summed E-state index contributed by atoms with van der Waals surface area (Å²) in [6.45, 7) is 0.917. The van der Waals surface area contributed by atoms with E-state index >= 15 is 0 Å². The van der Waals surface area contributed by atoms with E-state index in [0.29, 0.717) is 0 Å². The van der Waals surface area contributed by atoms with Gasteiger partial charge in [0, 0.05) is 22.9 Å². The number of ether oxygens (including phenoxy) is 1. The van der Waals surface area contributed by atoms with Gasteiger partial charge < -0.3 is 10.1 Å². The molecule has 116 valence electrons. The highest BCUT2D eigenvalue weighted by molar-refractivity contribution is 7.59. The fourth-order valence-corrected chi connectivity index (χ4v) is 3.12. The first-order valence-electron chi connectivity index (χ1n) is 7.07. The molecule has 1 N–H and O–H groups in total. The number of aromatic nitrogens is 1. The third kappa shape index (κ3) is 3.80. The van der Waals surface area contributed by atoms with Gasteiger partial charge in [-0.3, -0.25) is 4.98 Å². The first-order chi connectivity index (χ1) is 10.4. The minimum atomic E-state index is 0. The summed E-state index contributed by atoms with van der Waals surface area (Å²) < 4.78 is 6.28. The lowest BCUT2D eigenvalue weighted by molar-refractivity contribution is 0.201. The summed E-state index contributed by atoms with van der Waals surface area (Å²) in [5, 5.41) is 6.39. The minimum Gasteiger partial charge on any atom is -0.483 e. The number of benzene rings is 1. The molecule has 3 rings (SSSR count). The molecule has 22 heavy (non-hydrogen) atoms. The van der Waals surface area contributed by atoms with Crippen LogP contribution in [0.2, 0.25) is 0 Å². The number of para-hydroxylation sites is 1. The van der Waals surface area contributed by atoms with Crippen LogP contribution in [0.4, 0.5) is 0 Å². The molecule has 0 bridgehead atoms. The average Bonchev–Trinajstić information content (AvgIpc) is 3.06. The molecule has 0 radical (unpaired) electrons. The van der Waals surface area contributed by atoms with Gasteiger partial charge in [0.2, 0.25) is 0 Å². The molecule has 0 fully saturated rings. The van der Waals surface area contributed by atoms with Crippen LogP contribution < -0.4 is 10.1 Å². The van der Waals surface area contributed by atoms with E-state index in [2.05, 4.69) is 39.9 Å². The Balaban J connectivity index is 0.00000176. The SMILES string of the molecule is CNCC[C@H](Oc1cccc2cccnc12)c1cccs1.S. The Bertz CT molecular complexity index is 695. The zero-order valence-electron chi connectivity index (χ0n) is 12.5.